The van der Waals surface area contributed by atoms with Crippen LogP contribution in [0.1, 0.15) is 11.5 Å². The van der Waals surface area contributed by atoms with Crippen molar-refractivity contribution in [3.05, 3.63) is 29.8 Å². The standard InChI is InChI=1S/C10H5NO3/c11-5-7-6-3-1-2-4-8(6)14-10(13)9(7)12/h1-4,7H. The van der Waals surface area contributed by atoms with Crippen molar-refractivity contribution in [3.63, 3.8) is 0 Å². The van der Waals surface area contributed by atoms with Crippen LogP contribution in [0.4, 0.5) is 0 Å². The Bertz CT molecular complexity index is 459. The lowest BCUT2D eigenvalue weighted by molar-refractivity contribution is -0.148. The maximum absolute atomic E-state index is 11.2. The number of fused-ring (bicyclic) bond motifs is 1. The van der Waals surface area contributed by atoms with E-state index in [2.05, 4.69) is 0 Å². The molecule has 0 fully saturated rings. The molecular formula is C10H5NO3. The van der Waals surface area contributed by atoms with Gasteiger partial charge in [0.2, 0.25) is 0 Å². The Morgan fingerprint density at radius 2 is 2.00 bits per heavy atom. The van der Waals surface area contributed by atoms with E-state index in [1.807, 2.05) is 0 Å². The molecule has 1 aliphatic rings. The number of benzene rings is 1. The van der Waals surface area contributed by atoms with E-state index in [-0.39, 0.29) is 0 Å². The van der Waals surface area contributed by atoms with Gasteiger partial charge in [0, 0.05) is 5.56 Å². The second-order valence-corrected chi connectivity index (χ2v) is 2.85. The lowest BCUT2D eigenvalue weighted by Gasteiger charge is -2.17. The fraction of sp³-hybridized carbons (Fsp3) is 0.100. The molecule has 0 amide bonds. The zero-order chi connectivity index (χ0) is 10.1. The zero-order valence-corrected chi connectivity index (χ0v) is 7.06. The lowest BCUT2D eigenvalue weighted by Crippen LogP contribution is -2.31. The minimum atomic E-state index is -1.02. The summed E-state index contributed by atoms with van der Waals surface area (Å²) in [5, 5.41) is 8.75. The average Bonchev–Trinajstić information content (AvgIpc) is 2.20. The van der Waals surface area contributed by atoms with Crippen LogP contribution in [0.5, 0.6) is 5.75 Å². The van der Waals surface area contributed by atoms with E-state index >= 15 is 0 Å². The molecule has 4 nitrogen and oxygen atoms in total. The SMILES string of the molecule is N#CC1C(=O)C(=O)Oc2ccccc21. The third-order valence-electron chi connectivity index (χ3n) is 2.03. The number of para-hydroxylation sites is 1. The van der Waals surface area contributed by atoms with Crippen molar-refractivity contribution in [1.29, 1.82) is 5.26 Å². The van der Waals surface area contributed by atoms with Crippen LogP contribution >= 0.6 is 0 Å². The van der Waals surface area contributed by atoms with E-state index in [1.54, 1.807) is 30.3 Å². The van der Waals surface area contributed by atoms with E-state index in [0.29, 0.717) is 11.3 Å². The van der Waals surface area contributed by atoms with Crippen molar-refractivity contribution in [2.75, 3.05) is 0 Å². The number of nitrogens with zero attached hydrogens (tertiary/aromatic N) is 1. The molecule has 1 heterocycles. The summed E-state index contributed by atoms with van der Waals surface area (Å²) in [6.45, 7) is 0. The quantitative estimate of drug-likeness (QED) is 0.342. The van der Waals surface area contributed by atoms with Gasteiger partial charge in [-0.1, -0.05) is 18.2 Å². The molecule has 0 spiro atoms. The van der Waals surface area contributed by atoms with E-state index in [9.17, 15) is 9.59 Å². The van der Waals surface area contributed by atoms with E-state index in [0.717, 1.165) is 0 Å². The number of carbonyl (C=O) groups excluding carboxylic acids is 2. The Balaban J connectivity index is 2.60. The number of ketones is 1. The van der Waals surface area contributed by atoms with Gasteiger partial charge < -0.3 is 4.74 Å². The summed E-state index contributed by atoms with van der Waals surface area (Å²) in [4.78, 5) is 22.2. The molecule has 14 heavy (non-hydrogen) atoms. The summed E-state index contributed by atoms with van der Waals surface area (Å²) in [5.41, 5.74) is 0.458. The highest BCUT2D eigenvalue weighted by atomic mass is 16.5. The van der Waals surface area contributed by atoms with Crippen molar-refractivity contribution in [3.8, 4) is 11.8 Å². The molecule has 2 rings (SSSR count). The first-order valence-electron chi connectivity index (χ1n) is 3.98. The molecule has 0 saturated carbocycles. The van der Waals surface area contributed by atoms with Gasteiger partial charge in [-0.25, -0.2) is 4.79 Å². The number of rotatable bonds is 0. The van der Waals surface area contributed by atoms with Gasteiger partial charge in [-0.15, -0.1) is 0 Å². The van der Waals surface area contributed by atoms with Crippen molar-refractivity contribution in [1.82, 2.24) is 0 Å². The molecule has 0 N–H and O–H groups in total. The molecule has 0 bridgehead atoms. The second kappa shape index (κ2) is 2.96. The van der Waals surface area contributed by atoms with Gasteiger partial charge in [0.25, 0.3) is 5.78 Å². The Labute approximate surface area is 79.7 Å². The van der Waals surface area contributed by atoms with Crippen molar-refractivity contribution in [2.45, 2.75) is 5.92 Å². The van der Waals surface area contributed by atoms with Gasteiger partial charge in [0.1, 0.15) is 11.7 Å². The van der Waals surface area contributed by atoms with Crippen molar-refractivity contribution in [2.24, 2.45) is 0 Å². The molecule has 0 aliphatic carbocycles. The van der Waals surface area contributed by atoms with Crippen LogP contribution in [0.3, 0.4) is 0 Å². The van der Waals surface area contributed by atoms with Crippen LogP contribution in [0.25, 0.3) is 0 Å². The summed E-state index contributed by atoms with van der Waals surface area (Å²) in [5.74, 6) is -2.49. The minimum absolute atomic E-state index is 0.295. The topological polar surface area (TPSA) is 67.2 Å². The monoisotopic (exact) mass is 187 g/mol. The van der Waals surface area contributed by atoms with Gasteiger partial charge in [0.05, 0.1) is 6.07 Å². The highest BCUT2D eigenvalue weighted by Crippen LogP contribution is 2.31. The molecule has 4 heteroatoms. The highest BCUT2D eigenvalue weighted by molar-refractivity contribution is 6.38. The zero-order valence-electron chi connectivity index (χ0n) is 7.06. The van der Waals surface area contributed by atoms with Crippen LogP contribution in [-0.2, 0) is 9.59 Å². The predicted octanol–water partition coefficient (Wildman–Crippen LogP) is 0.782. The Hall–Kier alpha value is -2.15. The molecular weight excluding hydrogens is 182 g/mol. The molecule has 68 valence electrons. The Kier molecular flexibility index (Phi) is 1.79. The Morgan fingerprint density at radius 1 is 1.29 bits per heavy atom. The van der Waals surface area contributed by atoms with Gasteiger partial charge >= 0.3 is 5.97 Å². The number of ether oxygens (including phenoxy) is 1. The Morgan fingerprint density at radius 3 is 2.71 bits per heavy atom. The summed E-state index contributed by atoms with van der Waals surface area (Å²) < 4.78 is 4.74. The van der Waals surface area contributed by atoms with Crippen molar-refractivity contribution < 1.29 is 14.3 Å². The first-order valence-corrected chi connectivity index (χ1v) is 3.98. The number of Topliss-reactive ketones (excluding diaryl/α,β-unsaturated/α-hetero) is 1. The van der Waals surface area contributed by atoms with Gasteiger partial charge in [-0.2, -0.15) is 5.26 Å². The molecule has 0 saturated heterocycles. The van der Waals surface area contributed by atoms with Crippen LogP contribution in [0, 0.1) is 11.3 Å². The highest BCUT2D eigenvalue weighted by Gasteiger charge is 2.35. The lowest BCUT2D eigenvalue weighted by atomic mass is 9.93. The normalized spacial score (nSPS) is 19.5. The van der Waals surface area contributed by atoms with E-state index < -0.39 is 17.7 Å². The van der Waals surface area contributed by atoms with E-state index in [4.69, 9.17) is 10.00 Å². The number of esters is 1. The maximum atomic E-state index is 11.2. The summed E-state index contributed by atoms with van der Waals surface area (Å²) >= 11 is 0. The summed E-state index contributed by atoms with van der Waals surface area (Å²) in [6, 6.07) is 8.32. The average molecular weight is 187 g/mol. The van der Waals surface area contributed by atoms with Crippen molar-refractivity contribution >= 4 is 11.8 Å². The number of hydrogen-bond acceptors (Lipinski definition) is 4. The molecule has 1 unspecified atom stereocenters. The smallest absolute Gasteiger partial charge is 0.381 e. The predicted molar refractivity (Wildman–Crippen MR) is 45.4 cm³/mol. The fourth-order valence-corrected chi connectivity index (χ4v) is 1.35. The largest absolute Gasteiger partial charge is 0.420 e. The number of hydrogen-bond donors (Lipinski definition) is 0. The van der Waals surface area contributed by atoms with Crippen LogP contribution < -0.4 is 4.74 Å². The maximum Gasteiger partial charge on any atom is 0.381 e. The number of nitriles is 1. The minimum Gasteiger partial charge on any atom is -0.420 e. The summed E-state index contributed by atoms with van der Waals surface area (Å²) in [7, 11) is 0. The third-order valence-corrected chi connectivity index (χ3v) is 2.03. The van der Waals surface area contributed by atoms with Gasteiger partial charge in [0.15, 0.2) is 0 Å². The van der Waals surface area contributed by atoms with E-state index in [1.165, 1.54) is 0 Å². The first-order chi connectivity index (χ1) is 6.74. The molecule has 1 atom stereocenters. The third kappa shape index (κ3) is 1.07. The molecule has 1 aromatic carbocycles. The van der Waals surface area contributed by atoms with Gasteiger partial charge in [-0.3, -0.25) is 4.79 Å². The number of carbonyl (C=O) groups is 2. The first kappa shape index (κ1) is 8.45. The summed E-state index contributed by atoms with van der Waals surface area (Å²) in [6.07, 6.45) is 0. The van der Waals surface area contributed by atoms with Gasteiger partial charge in [-0.05, 0) is 6.07 Å². The second-order valence-electron chi connectivity index (χ2n) is 2.85. The van der Waals surface area contributed by atoms with Crippen LogP contribution in [-0.4, -0.2) is 11.8 Å². The molecule has 0 aromatic heterocycles. The fourth-order valence-electron chi connectivity index (χ4n) is 1.35. The molecule has 1 aromatic rings. The molecule has 0 radical (unpaired) electrons. The molecule has 1 aliphatic heterocycles. The van der Waals surface area contributed by atoms with Crippen LogP contribution in [0.2, 0.25) is 0 Å². The van der Waals surface area contributed by atoms with Crippen LogP contribution in [0.15, 0.2) is 24.3 Å².